The molecule has 1 rings (SSSR count). The Bertz CT molecular complexity index is 326. The van der Waals surface area contributed by atoms with Crippen LogP contribution < -0.4 is 5.73 Å². The molecule has 1 unspecified atom stereocenters. The topological polar surface area (TPSA) is 59.2 Å². The molecule has 4 heteroatoms. The van der Waals surface area contributed by atoms with Crippen LogP contribution in [0.15, 0.2) is 24.5 Å². The monoisotopic (exact) mass is 221 g/mol. The number of hydrogen-bond acceptors (Lipinski definition) is 3. The van der Waals surface area contributed by atoms with Gasteiger partial charge in [-0.25, -0.2) is 0 Å². The number of rotatable bonds is 5. The van der Waals surface area contributed by atoms with E-state index in [0.29, 0.717) is 13.1 Å². The van der Waals surface area contributed by atoms with Crippen molar-refractivity contribution in [1.29, 1.82) is 0 Å². The summed E-state index contributed by atoms with van der Waals surface area (Å²) in [5.41, 5.74) is 6.53. The first-order chi connectivity index (χ1) is 7.65. The van der Waals surface area contributed by atoms with E-state index in [-0.39, 0.29) is 11.8 Å². The van der Waals surface area contributed by atoms with Gasteiger partial charge in [0.05, 0.1) is 0 Å². The van der Waals surface area contributed by atoms with Crippen LogP contribution >= 0.6 is 0 Å². The van der Waals surface area contributed by atoms with Crippen molar-refractivity contribution >= 4 is 5.91 Å². The third kappa shape index (κ3) is 3.62. The molecule has 0 aliphatic heterocycles. The normalized spacial score (nSPS) is 12.2. The average Bonchev–Trinajstić information content (AvgIpc) is 2.29. The predicted octanol–water partition coefficient (Wildman–Crippen LogP) is 1.02. The standard InChI is InChI=1S/C12H19N3O/c1-10(3-6-13)12(16)15(2)9-11-4-7-14-8-5-11/h4-5,7-8,10H,3,6,9,13H2,1-2H3. The number of hydrogen-bond donors (Lipinski definition) is 1. The van der Waals surface area contributed by atoms with Gasteiger partial charge in [0.25, 0.3) is 0 Å². The van der Waals surface area contributed by atoms with Gasteiger partial charge >= 0.3 is 0 Å². The number of carbonyl (C=O) groups is 1. The summed E-state index contributed by atoms with van der Waals surface area (Å²) in [6, 6.07) is 3.83. The molecule has 0 fully saturated rings. The number of nitrogens with two attached hydrogens (primary N) is 1. The molecule has 2 N–H and O–H groups in total. The summed E-state index contributed by atoms with van der Waals surface area (Å²) < 4.78 is 0. The summed E-state index contributed by atoms with van der Waals surface area (Å²) in [6.45, 7) is 3.09. The molecule has 1 amide bonds. The van der Waals surface area contributed by atoms with Gasteiger partial charge < -0.3 is 10.6 Å². The maximum Gasteiger partial charge on any atom is 0.225 e. The van der Waals surface area contributed by atoms with Crippen molar-refractivity contribution in [3.63, 3.8) is 0 Å². The van der Waals surface area contributed by atoms with E-state index in [1.54, 1.807) is 17.3 Å². The highest BCUT2D eigenvalue weighted by molar-refractivity contribution is 5.78. The van der Waals surface area contributed by atoms with Crippen LogP contribution in [-0.2, 0) is 11.3 Å². The van der Waals surface area contributed by atoms with Crippen LogP contribution in [0.3, 0.4) is 0 Å². The maximum absolute atomic E-state index is 11.9. The lowest BCUT2D eigenvalue weighted by molar-refractivity contribution is -0.134. The van der Waals surface area contributed by atoms with E-state index in [1.807, 2.05) is 26.1 Å². The summed E-state index contributed by atoms with van der Waals surface area (Å²) >= 11 is 0. The highest BCUT2D eigenvalue weighted by Crippen LogP contribution is 2.08. The van der Waals surface area contributed by atoms with Crippen LogP contribution in [0.1, 0.15) is 18.9 Å². The zero-order chi connectivity index (χ0) is 12.0. The van der Waals surface area contributed by atoms with E-state index in [1.165, 1.54) is 0 Å². The van der Waals surface area contributed by atoms with Crippen LogP contribution in [0.5, 0.6) is 0 Å². The van der Waals surface area contributed by atoms with Crippen molar-refractivity contribution in [2.75, 3.05) is 13.6 Å². The third-order valence-corrected chi connectivity index (χ3v) is 2.57. The van der Waals surface area contributed by atoms with Crippen molar-refractivity contribution in [3.8, 4) is 0 Å². The second kappa shape index (κ2) is 6.23. The van der Waals surface area contributed by atoms with Gasteiger partial charge in [0.15, 0.2) is 0 Å². The molecule has 1 aromatic rings. The fourth-order valence-corrected chi connectivity index (χ4v) is 1.59. The molecule has 0 radical (unpaired) electrons. The largest absolute Gasteiger partial charge is 0.341 e. The Labute approximate surface area is 96.5 Å². The molecule has 16 heavy (non-hydrogen) atoms. The number of nitrogens with zero attached hydrogens (tertiary/aromatic N) is 2. The number of aromatic nitrogens is 1. The van der Waals surface area contributed by atoms with Gasteiger partial charge in [-0.1, -0.05) is 6.92 Å². The lowest BCUT2D eigenvalue weighted by Crippen LogP contribution is -2.32. The van der Waals surface area contributed by atoms with Gasteiger partial charge in [0, 0.05) is 31.9 Å². The molecule has 88 valence electrons. The first-order valence-corrected chi connectivity index (χ1v) is 5.49. The van der Waals surface area contributed by atoms with Crippen LogP contribution in [-0.4, -0.2) is 29.4 Å². The highest BCUT2D eigenvalue weighted by atomic mass is 16.2. The van der Waals surface area contributed by atoms with Crippen molar-refractivity contribution in [1.82, 2.24) is 9.88 Å². The number of carbonyl (C=O) groups excluding carboxylic acids is 1. The summed E-state index contributed by atoms with van der Waals surface area (Å²) in [5, 5.41) is 0. The van der Waals surface area contributed by atoms with Crippen LogP contribution in [0, 0.1) is 5.92 Å². The SMILES string of the molecule is CC(CCN)C(=O)N(C)Cc1ccncc1. The second-order valence-corrected chi connectivity index (χ2v) is 4.03. The minimum atomic E-state index is -0.00293. The Morgan fingerprint density at radius 2 is 2.12 bits per heavy atom. The molecule has 0 saturated heterocycles. The van der Waals surface area contributed by atoms with Crippen LogP contribution in [0.4, 0.5) is 0 Å². The summed E-state index contributed by atoms with van der Waals surface area (Å²) in [5.74, 6) is 0.138. The summed E-state index contributed by atoms with van der Waals surface area (Å²) in [6.07, 6.45) is 4.20. The van der Waals surface area contributed by atoms with Gasteiger partial charge in [-0.3, -0.25) is 9.78 Å². The first kappa shape index (κ1) is 12.6. The van der Waals surface area contributed by atoms with Crippen molar-refractivity contribution < 1.29 is 4.79 Å². The number of pyridine rings is 1. The molecule has 4 nitrogen and oxygen atoms in total. The van der Waals surface area contributed by atoms with Crippen LogP contribution in [0.25, 0.3) is 0 Å². The van der Waals surface area contributed by atoms with Crippen molar-refractivity contribution in [2.24, 2.45) is 11.7 Å². The Kier molecular flexibility index (Phi) is 4.92. The Morgan fingerprint density at radius 3 is 2.69 bits per heavy atom. The Morgan fingerprint density at radius 1 is 1.50 bits per heavy atom. The van der Waals surface area contributed by atoms with E-state index in [4.69, 9.17) is 5.73 Å². The Hall–Kier alpha value is -1.42. The predicted molar refractivity (Wildman–Crippen MR) is 63.5 cm³/mol. The van der Waals surface area contributed by atoms with E-state index >= 15 is 0 Å². The molecule has 1 aromatic heterocycles. The van der Waals surface area contributed by atoms with Gasteiger partial charge in [-0.15, -0.1) is 0 Å². The van der Waals surface area contributed by atoms with E-state index in [2.05, 4.69) is 4.98 Å². The zero-order valence-electron chi connectivity index (χ0n) is 9.89. The highest BCUT2D eigenvalue weighted by Gasteiger charge is 2.16. The fourth-order valence-electron chi connectivity index (χ4n) is 1.59. The first-order valence-electron chi connectivity index (χ1n) is 5.49. The molecular formula is C12H19N3O. The molecule has 0 bridgehead atoms. The maximum atomic E-state index is 11.9. The summed E-state index contributed by atoms with van der Waals surface area (Å²) in [4.78, 5) is 17.6. The average molecular weight is 221 g/mol. The minimum absolute atomic E-state index is 0.00293. The third-order valence-electron chi connectivity index (χ3n) is 2.57. The molecule has 1 atom stereocenters. The molecule has 0 aliphatic carbocycles. The molecular weight excluding hydrogens is 202 g/mol. The number of amides is 1. The fraction of sp³-hybridized carbons (Fsp3) is 0.500. The smallest absolute Gasteiger partial charge is 0.225 e. The quantitative estimate of drug-likeness (QED) is 0.807. The lowest BCUT2D eigenvalue weighted by Gasteiger charge is -2.21. The minimum Gasteiger partial charge on any atom is -0.341 e. The molecule has 0 aromatic carbocycles. The second-order valence-electron chi connectivity index (χ2n) is 4.03. The van der Waals surface area contributed by atoms with Gasteiger partial charge in [-0.2, -0.15) is 0 Å². The molecule has 0 spiro atoms. The molecule has 0 saturated carbocycles. The van der Waals surface area contributed by atoms with Crippen molar-refractivity contribution in [3.05, 3.63) is 30.1 Å². The van der Waals surface area contributed by atoms with Crippen LogP contribution in [0.2, 0.25) is 0 Å². The van der Waals surface area contributed by atoms with Gasteiger partial charge in [-0.05, 0) is 30.7 Å². The Balaban J connectivity index is 2.52. The van der Waals surface area contributed by atoms with Gasteiger partial charge in [0.2, 0.25) is 5.91 Å². The molecule has 0 aliphatic rings. The zero-order valence-corrected chi connectivity index (χ0v) is 9.89. The van der Waals surface area contributed by atoms with Gasteiger partial charge in [0.1, 0.15) is 0 Å². The summed E-state index contributed by atoms with van der Waals surface area (Å²) in [7, 11) is 1.82. The lowest BCUT2D eigenvalue weighted by atomic mass is 10.1. The van der Waals surface area contributed by atoms with E-state index in [0.717, 1.165) is 12.0 Å². The molecule has 1 heterocycles. The van der Waals surface area contributed by atoms with Crippen molar-refractivity contribution in [2.45, 2.75) is 19.9 Å². The van der Waals surface area contributed by atoms with E-state index in [9.17, 15) is 4.79 Å². The van der Waals surface area contributed by atoms with E-state index < -0.39 is 0 Å².